The zero-order valence-electron chi connectivity index (χ0n) is 11.5. The molecule has 0 radical (unpaired) electrons. The summed E-state index contributed by atoms with van der Waals surface area (Å²) in [6.45, 7) is 3.80. The number of rotatable bonds is 6. The Hall–Kier alpha value is -2.01. The number of carboxylic acids is 1. The van der Waals surface area contributed by atoms with Gasteiger partial charge in [0, 0.05) is 12.7 Å². The summed E-state index contributed by atoms with van der Waals surface area (Å²) in [6, 6.07) is 5.13. The summed E-state index contributed by atoms with van der Waals surface area (Å²) < 4.78 is 5.52. The molecule has 3 N–H and O–H groups in total. The number of nitrogens with one attached hydrogen (secondary N) is 2. The molecular formula is C14H17ClN2O3. The van der Waals surface area contributed by atoms with Crippen LogP contribution in [0.3, 0.4) is 0 Å². The average Bonchev–Trinajstić information content (AvgIpc) is 2.37. The molecule has 108 valence electrons. The van der Waals surface area contributed by atoms with E-state index in [1.807, 2.05) is 13.8 Å². The van der Waals surface area contributed by atoms with E-state index in [1.54, 1.807) is 25.2 Å². The number of halogens is 1. The van der Waals surface area contributed by atoms with Gasteiger partial charge in [-0.25, -0.2) is 4.79 Å². The van der Waals surface area contributed by atoms with Crippen molar-refractivity contribution in [1.82, 2.24) is 5.32 Å². The summed E-state index contributed by atoms with van der Waals surface area (Å²) in [7, 11) is 1.65. The molecule has 5 nitrogen and oxygen atoms in total. The molecule has 6 heteroatoms. The standard InChI is InChI=1S/C14H17ClN2O3/c1-8(2)20-13-5-4-9(6-10(13)15)12(17-3)7-11(16)14(18)19/h4-8,16-17H,1-3H3,(H,18,19)/b12-7-,16-11?. The fourth-order valence-corrected chi connectivity index (χ4v) is 1.75. The number of carbonyl (C=O) groups is 1. The first-order valence-corrected chi connectivity index (χ1v) is 6.40. The Kier molecular flexibility index (Phi) is 5.58. The molecule has 0 amide bonds. The monoisotopic (exact) mass is 296 g/mol. The smallest absolute Gasteiger partial charge is 0.353 e. The van der Waals surface area contributed by atoms with Crippen LogP contribution >= 0.6 is 11.6 Å². The van der Waals surface area contributed by atoms with Crippen molar-refractivity contribution in [3.63, 3.8) is 0 Å². The molecule has 0 aliphatic rings. The third kappa shape index (κ3) is 4.28. The van der Waals surface area contributed by atoms with Crippen molar-refractivity contribution in [3.05, 3.63) is 34.9 Å². The lowest BCUT2D eigenvalue weighted by Gasteiger charge is -2.13. The Bertz CT molecular complexity index is 553. The molecule has 0 aromatic heterocycles. The number of hydrogen-bond acceptors (Lipinski definition) is 4. The lowest BCUT2D eigenvalue weighted by atomic mass is 10.1. The molecule has 0 bridgehead atoms. The predicted molar refractivity (Wildman–Crippen MR) is 79.6 cm³/mol. The quantitative estimate of drug-likeness (QED) is 0.705. The van der Waals surface area contributed by atoms with Gasteiger partial charge >= 0.3 is 5.97 Å². The van der Waals surface area contributed by atoms with Crippen molar-refractivity contribution < 1.29 is 14.6 Å². The highest BCUT2D eigenvalue weighted by molar-refractivity contribution is 6.40. The summed E-state index contributed by atoms with van der Waals surface area (Å²) in [6.07, 6.45) is 1.25. The van der Waals surface area contributed by atoms with Gasteiger partial charge in [0.05, 0.1) is 11.1 Å². The number of hydrogen-bond donors (Lipinski definition) is 3. The zero-order valence-corrected chi connectivity index (χ0v) is 12.3. The summed E-state index contributed by atoms with van der Waals surface area (Å²) in [4.78, 5) is 10.7. The predicted octanol–water partition coefficient (Wildman–Crippen LogP) is 2.79. The van der Waals surface area contributed by atoms with E-state index in [0.29, 0.717) is 22.0 Å². The third-order valence-electron chi connectivity index (χ3n) is 2.39. The fraction of sp³-hybridized carbons (Fsp3) is 0.286. The molecule has 0 aliphatic carbocycles. The maximum atomic E-state index is 10.7. The minimum absolute atomic E-state index is 0.0119. The summed E-state index contributed by atoms with van der Waals surface area (Å²) in [5.41, 5.74) is 0.669. The molecule has 1 aromatic carbocycles. The number of benzene rings is 1. The molecule has 0 heterocycles. The average molecular weight is 297 g/mol. The topological polar surface area (TPSA) is 82.4 Å². The minimum atomic E-state index is -1.29. The van der Waals surface area contributed by atoms with Gasteiger partial charge in [-0.15, -0.1) is 0 Å². The number of carboxylic acid groups (broad SMARTS) is 1. The minimum Gasteiger partial charge on any atom is -0.489 e. The van der Waals surface area contributed by atoms with Crippen LogP contribution in [0, 0.1) is 5.41 Å². The summed E-state index contributed by atoms with van der Waals surface area (Å²) in [5.74, 6) is -0.724. The van der Waals surface area contributed by atoms with Crippen molar-refractivity contribution >= 4 is 29.0 Å². The fourth-order valence-electron chi connectivity index (χ4n) is 1.52. The highest BCUT2D eigenvalue weighted by Gasteiger charge is 2.10. The Morgan fingerprint density at radius 2 is 2.15 bits per heavy atom. The third-order valence-corrected chi connectivity index (χ3v) is 2.69. The van der Waals surface area contributed by atoms with Gasteiger partial charge in [-0.3, -0.25) is 5.41 Å². The van der Waals surface area contributed by atoms with Crippen molar-refractivity contribution in [1.29, 1.82) is 5.41 Å². The molecule has 0 atom stereocenters. The van der Waals surface area contributed by atoms with Gasteiger partial charge in [0.1, 0.15) is 11.5 Å². The van der Waals surface area contributed by atoms with Gasteiger partial charge in [-0.05, 0) is 43.7 Å². The van der Waals surface area contributed by atoms with Gasteiger partial charge < -0.3 is 15.2 Å². The second-order valence-corrected chi connectivity index (χ2v) is 4.75. The highest BCUT2D eigenvalue weighted by atomic mass is 35.5. The van der Waals surface area contributed by atoms with Crippen LogP contribution in [0.5, 0.6) is 5.75 Å². The molecule has 0 saturated heterocycles. The van der Waals surface area contributed by atoms with E-state index in [0.717, 1.165) is 0 Å². The van der Waals surface area contributed by atoms with Crippen LogP contribution in [0.1, 0.15) is 19.4 Å². The maximum absolute atomic E-state index is 10.7. The van der Waals surface area contributed by atoms with Gasteiger partial charge in [0.25, 0.3) is 0 Å². The maximum Gasteiger partial charge on any atom is 0.353 e. The second-order valence-electron chi connectivity index (χ2n) is 4.34. The van der Waals surface area contributed by atoms with E-state index in [2.05, 4.69) is 5.32 Å². The van der Waals surface area contributed by atoms with Crippen LogP contribution in [-0.4, -0.2) is 29.9 Å². The molecule has 0 spiro atoms. The molecule has 20 heavy (non-hydrogen) atoms. The van der Waals surface area contributed by atoms with Crippen molar-refractivity contribution in [2.75, 3.05) is 7.05 Å². The number of ether oxygens (including phenoxy) is 1. The van der Waals surface area contributed by atoms with Crippen LogP contribution in [0.4, 0.5) is 0 Å². The SMILES string of the molecule is CN/C(=C\C(=N)C(=O)O)c1ccc(OC(C)C)c(Cl)c1. The van der Waals surface area contributed by atoms with E-state index in [9.17, 15) is 4.79 Å². The van der Waals surface area contributed by atoms with Crippen molar-refractivity contribution in [2.24, 2.45) is 0 Å². The molecule has 0 aliphatic heterocycles. The first kappa shape index (κ1) is 16.0. The Labute approximate surface area is 122 Å². The molecule has 0 saturated carbocycles. The van der Waals surface area contributed by atoms with Crippen LogP contribution in [-0.2, 0) is 4.79 Å². The Balaban J connectivity index is 3.09. The molecule has 0 fully saturated rings. The normalized spacial score (nSPS) is 11.3. The van der Waals surface area contributed by atoms with E-state index in [-0.39, 0.29) is 6.10 Å². The van der Waals surface area contributed by atoms with E-state index < -0.39 is 11.7 Å². The van der Waals surface area contributed by atoms with E-state index in [4.69, 9.17) is 26.9 Å². The molecule has 1 aromatic rings. The van der Waals surface area contributed by atoms with Crippen molar-refractivity contribution in [3.8, 4) is 5.75 Å². The highest BCUT2D eigenvalue weighted by Crippen LogP contribution is 2.28. The van der Waals surface area contributed by atoms with Gasteiger partial charge in [-0.2, -0.15) is 0 Å². The zero-order chi connectivity index (χ0) is 15.3. The first-order valence-electron chi connectivity index (χ1n) is 6.03. The van der Waals surface area contributed by atoms with E-state index in [1.165, 1.54) is 6.08 Å². The number of aliphatic carboxylic acids is 1. The Morgan fingerprint density at radius 3 is 2.60 bits per heavy atom. The largest absolute Gasteiger partial charge is 0.489 e. The second kappa shape index (κ2) is 6.96. The van der Waals surface area contributed by atoms with Crippen LogP contribution < -0.4 is 10.1 Å². The van der Waals surface area contributed by atoms with Gasteiger partial charge in [0.2, 0.25) is 0 Å². The lowest BCUT2D eigenvalue weighted by Crippen LogP contribution is -2.13. The molecule has 0 unspecified atom stereocenters. The van der Waals surface area contributed by atoms with Gasteiger partial charge in [-0.1, -0.05) is 11.6 Å². The summed E-state index contributed by atoms with van der Waals surface area (Å²) >= 11 is 6.12. The van der Waals surface area contributed by atoms with Gasteiger partial charge in [0.15, 0.2) is 0 Å². The first-order chi connectivity index (χ1) is 9.35. The van der Waals surface area contributed by atoms with Crippen LogP contribution in [0.15, 0.2) is 24.3 Å². The van der Waals surface area contributed by atoms with Crippen LogP contribution in [0.2, 0.25) is 5.02 Å². The Morgan fingerprint density at radius 1 is 1.50 bits per heavy atom. The van der Waals surface area contributed by atoms with Crippen LogP contribution in [0.25, 0.3) is 5.70 Å². The lowest BCUT2D eigenvalue weighted by molar-refractivity contribution is -0.129. The summed E-state index contributed by atoms with van der Waals surface area (Å²) in [5, 5.41) is 19.3. The molecule has 1 rings (SSSR count). The van der Waals surface area contributed by atoms with E-state index >= 15 is 0 Å². The molecular weight excluding hydrogens is 280 g/mol. The van der Waals surface area contributed by atoms with Crippen molar-refractivity contribution in [2.45, 2.75) is 20.0 Å².